The van der Waals surface area contributed by atoms with E-state index in [1.165, 1.54) is 19.3 Å². The van der Waals surface area contributed by atoms with Crippen LogP contribution in [0.25, 0.3) is 0 Å². The highest BCUT2D eigenvalue weighted by molar-refractivity contribution is 5.76. The molecule has 0 aromatic heterocycles. The molecule has 0 radical (unpaired) electrons. The molecule has 2 nitrogen and oxygen atoms in total. The van der Waals surface area contributed by atoms with Gasteiger partial charge in [0.15, 0.2) is 0 Å². The molecule has 0 aromatic carbocycles. The second-order valence-corrected chi connectivity index (χ2v) is 7.26. The largest absolute Gasteiger partial charge is 0.461 e. The van der Waals surface area contributed by atoms with E-state index in [2.05, 4.69) is 20.8 Å². The molecule has 0 saturated heterocycles. The Morgan fingerprint density at radius 2 is 1.89 bits per heavy atom. The Morgan fingerprint density at radius 3 is 2.44 bits per heavy atom. The van der Waals surface area contributed by atoms with E-state index >= 15 is 0 Å². The zero-order valence-corrected chi connectivity index (χ0v) is 12.5. The fourth-order valence-corrected chi connectivity index (χ4v) is 3.81. The fraction of sp³-hybridized carbons (Fsp3) is 0.938. The third kappa shape index (κ3) is 2.31. The number of fused-ring (bicyclic) bond motifs is 2. The van der Waals surface area contributed by atoms with Gasteiger partial charge >= 0.3 is 5.97 Å². The number of hydrogen-bond donors (Lipinski definition) is 0. The standard InChI is InChI=1S/C16H28O2/c1-6-16(4,5)15(17)18-14-12-8-7-11(9-12)13(14)10(2)3/h10-14H,6-9H2,1-5H3. The molecule has 4 unspecified atom stereocenters. The van der Waals surface area contributed by atoms with Crippen molar-refractivity contribution in [3.8, 4) is 0 Å². The molecule has 0 spiro atoms. The van der Waals surface area contributed by atoms with Crippen LogP contribution >= 0.6 is 0 Å². The average Bonchev–Trinajstić information content (AvgIpc) is 2.88. The summed E-state index contributed by atoms with van der Waals surface area (Å²) in [5.74, 6) is 2.67. The van der Waals surface area contributed by atoms with Crippen molar-refractivity contribution in [3.63, 3.8) is 0 Å². The van der Waals surface area contributed by atoms with E-state index in [1.54, 1.807) is 0 Å². The van der Waals surface area contributed by atoms with Gasteiger partial charge in [0.05, 0.1) is 5.41 Å². The van der Waals surface area contributed by atoms with Gasteiger partial charge in [-0.05, 0) is 57.3 Å². The molecule has 0 aliphatic heterocycles. The van der Waals surface area contributed by atoms with Gasteiger partial charge in [-0.1, -0.05) is 20.8 Å². The van der Waals surface area contributed by atoms with Crippen molar-refractivity contribution >= 4 is 5.97 Å². The van der Waals surface area contributed by atoms with Gasteiger partial charge in [0.2, 0.25) is 0 Å². The smallest absolute Gasteiger partial charge is 0.311 e. The molecule has 2 bridgehead atoms. The van der Waals surface area contributed by atoms with E-state index in [9.17, 15) is 4.79 Å². The molecule has 0 heterocycles. The van der Waals surface area contributed by atoms with Crippen molar-refractivity contribution in [2.24, 2.45) is 29.1 Å². The van der Waals surface area contributed by atoms with Crippen LogP contribution in [0.3, 0.4) is 0 Å². The summed E-state index contributed by atoms with van der Waals surface area (Å²) in [5, 5.41) is 0. The Labute approximate surface area is 111 Å². The van der Waals surface area contributed by atoms with E-state index < -0.39 is 0 Å². The summed E-state index contributed by atoms with van der Waals surface area (Å²) in [7, 11) is 0. The van der Waals surface area contributed by atoms with Gasteiger partial charge in [0, 0.05) is 5.92 Å². The predicted octanol–water partition coefficient (Wildman–Crippen LogP) is 4.04. The Bertz CT molecular complexity index is 319. The third-order valence-corrected chi connectivity index (χ3v) is 5.35. The summed E-state index contributed by atoms with van der Waals surface area (Å²) in [6, 6.07) is 0. The SMILES string of the molecule is CCC(C)(C)C(=O)OC1C2CCC(C2)C1C(C)C. The lowest BCUT2D eigenvalue weighted by Crippen LogP contribution is -2.39. The summed E-state index contributed by atoms with van der Waals surface area (Å²) in [6.07, 6.45) is 4.94. The lowest BCUT2D eigenvalue weighted by molar-refractivity contribution is -0.166. The molecule has 2 saturated carbocycles. The molecule has 0 amide bonds. The first-order valence-electron chi connectivity index (χ1n) is 7.58. The molecule has 4 atom stereocenters. The van der Waals surface area contributed by atoms with Crippen LogP contribution in [0.15, 0.2) is 0 Å². The van der Waals surface area contributed by atoms with Crippen molar-refractivity contribution in [1.82, 2.24) is 0 Å². The van der Waals surface area contributed by atoms with Crippen LogP contribution in [0, 0.1) is 29.1 Å². The number of carbonyl (C=O) groups is 1. The van der Waals surface area contributed by atoms with Crippen LogP contribution in [0.5, 0.6) is 0 Å². The number of ether oxygens (including phenoxy) is 1. The van der Waals surface area contributed by atoms with Crippen LogP contribution in [0.1, 0.15) is 60.3 Å². The number of carbonyl (C=O) groups excluding carboxylic acids is 1. The van der Waals surface area contributed by atoms with Gasteiger partial charge in [-0.3, -0.25) is 4.79 Å². The number of esters is 1. The van der Waals surface area contributed by atoms with E-state index in [-0.39, 0.29) is 17.5 Å². The molecule has 0 N–H and O–H groups in total. The van der Waals surface area contributed by atoms with E-state index in [0.717, 1.165) is 12.3 Å². The highest BCUT2D eigenvalue weighted by Crippen LogP contribution is 2.52. The minimum Gasteiger partial charge on any atom is -0.461 e. The molecule has 2 heteroatoms. The molecular weight excluding hydrogens is 224 g/mol. The normalized spacial score (nSPS) is 35.2. The van der Waals surface area contributed by atoms with Gasteiger partial charge in [-0.15, -0.1) is 0 Å². The lowest BCUT2D eigenvalue weighted by Gasteiger charge is -2.35. The second-order valence-electron chi connectivity index (χ2n) is 7.26. The first-order valence-corrected chi connectivity index (χ1v) is 7.58. The maximum Gasteiger partial charge on any atom is 0.311 e. The summed E-state index contributed by atoms with van der Waals surface area (Å²) in [5.41, 5.74) is -0.330. The minimum atomic E-state index is -0.330. The second kappa shape index (κ2) is 4.86. The molecule has 104 valence electrons. The highest BCUT2D eigenvalue weighted by atomic mass is 16.5. The number of rotatable bonds is 4. The maximum atomic E-state index is 12.3. The van der Waals surface area contributed by atoms with E-state index in [4.69, 9.17) is 4.74 Å². The fourth-order valence-electron chi connectivity index (χ4n) is 3.81. The van der Waals surface area contributed by atoms with Crippen molar-refractivity contribution in [1.29, 1.82) is 0 Å². The zero-order valence-electron chi connectivity index (χ0n) is 12.5. The summed E-state index contributed by atoms with van der Waals surface area (Å²) in [4.78, 5) is 12.3. The first-order chi connectivity index (χ1) is 8.36. The summed E-state index contributed by atoms with van der Waals surface area (Å²) < 4.78 is 5.94. The van der Waals surface area contributed by atoms with Crippen LogP contribution in [0.4, 0.5) is 0 Å². The third-order valence-electron chi connectivity index (χ3n) is 5.35. The van der Waals surface area contributed by atoms with Crippen molar-refractivity contribution in [2.45, 2.75) is 66.4 Å². The van der Waals surface area contributed by atoms with E-state index in [1.807, 2.05) is 13.8 Å². The van der Waals surface area contributed by atoms with Gasteiger partial charge in [-0.25, -0.2) is 0 Å². The lowest BCUT2D eigenvalue weighted by atomic mass is 9.79. The van der Waals surface area contributed by atoms with Crippen LogP contribution in [-0.2, 0) is 9.53 Å². The van der Waals surface area contributed by atoms with Gasteiger partial charge < -0.3 is 4.74 Å². The summed E-state index contributed by atoms with van der Waals surface area (Å²) >= 11 is 0. The Morgan fingerprint density at radius 1 is 1.28 bits per heavy atom. The summed E-state index contributed by atoms with van der Waals surface area (Å²) in [6.45, 7) is 10.6. The van der Waals surface area contributed by atoms with Gasteiger partial charge in [0.1, 0.15) is 6.10 Å². The van der Waals surface area contributed by atoms with Crippen molar-refractivity contribution in [2.75, 3.05) is 0 Å². The molecule has 2 aliphatic rings. The highest BCUT2D eigenvalue weighted by Gasteiger charge is 2.51. The van der Waals surface area contributed by atoms with Gasteiger partial charge in [-0.2, -0.15) is 0 Å². The van der Waals surface area contributed by atoms with Crippen LogP contribution in [0.2, 0.25) is 0 Å². The molecule has 0 aromatic rings. The molecule has 2 fully saturated rings. The first kappa shape index (κ1) is 13.9. The molecule has 2 rings (SSSR count). The maximum absolute atomic E-state index is 12.3. The Hall–Kier alpha value is -0.530. The molecule has 2 aliphatic carbocycles. The van der Waals surface area contributed by atoms with Crippen LogP contribution < -0.4 is 0 Å². The average molecular weight is 252 g/mol. The van der Waals surface area contributed by atoms with Crippen LogP contribution in [-0.4, -0.2) is 12.1 Å². The minimum absolute atomic E-state index is 0.00759. The van der Waals surface area contributed by atoms with Crippen molar-refractivity contribution in [3.05, 3.63) is 0 Å². The monoisotopic (exact) mass is 252 g/mol. The zero-order chi connectivity index (χ0) is 13.5. The molecular formula is C16H28O2. The Kier molecular flexibility index (Phi) is 3.75. The Balaban J connectivity index is 2.06. The topological polar surface area (TPSA) is 26.3 Å². The van der Waals surface area contributed by atoms with Crippen molar-refractivity contribution < 1.29 is 9.53 Å². The van der Waals surface area contributed by atoms with E-state index in [0.29, 0.717) is 17.8 Å². The van der Waals surface area contributed by atoms with Gasteiger partial charge in [0.25, 0.3) is 0 Å². The predicted molar refractivity (Wildman–Crippen MR) is 73.1 cm³/mol. The quantitative estimate of drug-likeness (QED) is 0.706. The number of hydrogen-bond acceptors (Lipinski definition) is 2. The molecule has 18 heavy (non-hydrogen) atoms.